The van der Waals surface area contributed by atoms with Gasteiger partial charge in [0.2, 0.25) is 15.9 Å². The second-order valence-corrected chi connectivity index (χ2v) is 10.4. The van der Waals surface area contributed by atoms with Crippen LogP contribution in [-0.2, 0) is 39.1 Å². The van der Waals surface area contributed by atoms with E-state index < -0.39 is 16.1 Å². The van der Waals surface area contributed by atoms with Crippen molar-refractivity contribution >= 4 is 27.0 Å². The number of benzene rings is 2. The number of nitrogens with one attached hydrogen (secondary N) is 1. The van der Waals surface area contributed by atoms with Crippen LogP contribution in [0.3, 0.4) is 0 Å². The zero-order valence-electron chi connectivity index (χ0n) is 19.6. The normalized spacial score (nSPS) is 17.2. The molecule has 0 spiro atoms. The van der Waals surface area contributed by atoms with Crippen LogP contribution in [0, 0.1) is 0 Å². The third-order valence-corrected chi connectivity index (χ3v) is 8.16. The predicted molar refractivity (Wildman–Crippen MR) is 129 cm³/mol. The Kier molecular flexibility index (Phi) is 7.60. The van der Waals surface area contributed by atoms with Gasteiger partial charge in [0, 0.05) is 20.2 Å². The lowest BCUT2D eigenvalue weighted by Gasteiger charge is -2.33. The van der Waals surface area contributed by atoms with Crippen LogP contribution in [0.15, 0.2) is 47.4 Å². The zero-order valence-corrected chi connectivity index (χ0v) is 20.4. The van der Waals surface area contributed by atoms with Gasteiger partial charge in [-0.3, -0.25) is 4.79 Å². The van der Waals surface area contributed by atoms with Gasteiger partial charge in [0.25, 0.3) is 0 Å². The first-order chi connectivity index (χ1) is 16.4. The highest BCUT2D eigenvalue weighted by atomic mass is 32.2. The molecular weight excluding hydrogens is 454 g/mol. The molecule has 10 heteroatoms. The van der Waals surface area contributed by atoms with E-state index in [0.717, 1.165) is 30.3 Å². The zero-order chi connectivity index (χ0) is 24.1. The molecule has 1 aliphatic heterocycles. The highest BCUT2D eigenvalue weighted by molar-refractivity contribution is 7.89. The highest BCUT2D eigenvalue weighted by Gasteiger charge is 2.37. The Morgan fingerprint density at radius 1 is 1.15 bits per heavy atom. The van der Waals surface area contributed by atoms with Crippen molar-refractivity contribution < 1.29 is 17.9 Å². The van der Waals surface area contributed by atoms with E-state index in [9.17, 15) is 13.2 Å². The number of carbonyl (C=O) groups excluding carboxylic acids is 1. The van der Waals surface area contributed by atoms with Gasteiger partial charge in [-0.2, -0.15) is 4.31 Å². The Labute approximate surface area is 200 Å². The van der Waals surface area contributed by atoms with Crippen molar-refractivity contribution in [3.05, 3.63) is 53.6 Å². The van der Waals surface area contributed by atoms with Crippen LogP contribution in [0.1, 0.15) is 37.3 Å². The van der Waals surface area contributed by atoms with E-state index in [1.165, 1.54) is 15.9 Å². The number of methoxy groups -OCH3 is 1. The van der Waals surface area contributed by atoms with Crippen LogP contribution in [0.25, 0.3) is 11.0 Å². The molecule has 1 saturated heterocycles. The molecule has 182 valence electrons. The van der Waals surface area contributed by atoms with Crippen molar-refractivity contribution in [3.8, 4) is 0 Å². The van der Waals surface area contributed by atoms with Gasteiger partial charge in [-0.05, 0) is 48.6 Å². The van der Waals surface area contributed by atoms with Crippen LogP contribution in [-0.4, -0.2) is 59.9 Å². The predicted octanol–water partition coefficient (Wildman–Crippen LogP) is 2.50. The van der Waals surface area contributed by atoms with Gasteiger partial charge in [-0.1, -0.05) is 42.8 Å². The largest absolute Gasteiger partial charge is 0.383 e. The molecule has 4 rings (SSSR count). The number of ether oxygens (including phenoxy) is 1. The van der Waals surface area contributed by atoms with E-state index in [1.54, 1.807) is 23.9 Å². The highest BCUT2D eigenvalue weighted by Crippen LogP contribution is 2.27. The summed E-state index contributed by atoms with van der Waals surface area (Å²) in [5.74, 6) is -0.269. The molecule has 3 aromatic rings. The van der Waals surface area contributed by atoms with E-state index in [2.05, 4.69) is 22.6 Å². The molecule has 0 radical (unpaired) electrons. The fourth-order valence-corrected chi connectivity index (χ4v) is 5.92. The Morgan fingerprint density at radius 3 is 2.65 bits per heavy atom. The monoisotopic (exact) mass is 485 g/mol. The van der Waals surface area contributed by atoms with Gasteiger partial charge in [-0.15, -0.1) is 5.10 Å². The number of hydrogen-bond donors (Lipinski definition) is 1. The first-order valence-electron chi connectivity index (χ1n) is 11.6. The molecule has 1 fully saturated rings. The smallest absolute Gasteiger partial charge is 0.243 e. The third kappa shape index (κ3) is 5.13. The molecule has 2 heterocycles. The maximum Gasteiger partial charge on any atom is 0.243 e. The number of hydrogen-bond acceptors (Lipinski definition) is 6. The minimum atomic E-state index is -3.88. The molecule has 1 unspecified atom stereocenters. The topological polar surface area (TPSA) is 106 Å². The Morgan fingerprint density at radius 2 is 1.91 bits per heavy atom. The molecule has 2 aromatic carbocycles. The Bertz CT molecular complexity index is 1240. The molecule has 0 bridgehead atoms. The lowest BCUT2D eigenvalue weighted by Crippen LogP contribution is -2.51. The molecule has 34 heavy (non-hydrogen) atoms. The number of carbonyl (C=O) groups is 1. The standard InChI is InChI=1S/C24H31N5O4S/c1-3-18-7-9-19(10-8-18)17-25-24(30)23-6-4-5-13-29(23)34(31,32)20-11-12-22-21(16-20)26-27-28(22)14-15-33-2/h7-12,16,23H,3-6,13-15,17H2,1-2H3,(H,25,30). The second kappa shape index (κ2) is 10.6. The van der Waals surface area contributed by atoms with Gasteiger partial charge in [0.1, 0.15) is 11.6 Å². The van der Waals surface area contributed by atoms with Gasteiger partial charge < -0.3 is 10.1 Å². The summed E-state index contributed by atoms with van der Waals surface area (Å²) in [7, 11) is -2.27. The molecule has 0 aliphatic carbocycles. The number of piperidine rings is 1. The summed E-state index contributed by atoms with van der Waals surface area (Å²) >= 11 is 0. The quantitative estimate of drug-likeness (QED) is 0.499. The van der Waals surface area contributed by atoms with Gasteiger partial charge >= 0.3 is 0 Å². The molecular formula is C24H31N5O4S. The molecule has 1 aliphatic rings. The van der Waals surface area contributed by atoms with Crippen molar-refractivity contribution in [2.24, 2.45) is 0 Å². The average Bonchev–Trinajstić information content (AvgIpc) is 3.28. The summed E-state index contributed by atoms with van der Waals surface area (Å²) in [6, 6.07) is 12.1. The van der Waals surface area contributed by atoms with Crippen LogP contribution in [0.5, 0.6) is 0 Å². The lowest BCUT2D eigenvalue weighted by atomic mass is 10.0. The summed E-state index contributed by atoms with van der Waals surface area (Å²) in [5.41, 5.74) is 3.44. The molecule has 9 nitrogen and oxygen atoms in total. The van der Waals surface area contributed by atoms with Crippen LogP contribution in [0.2, 0.25) is 0 Å². The summed E-state index contributed by atoms with van der Waals surface area (Å²) in [4.78, 5) is 13.2. The van der Waals surface area contributed by atoms with E-state index in [-0.39, 0.29) is 10.8 Å². The SMILES string of the molecule is CCc1ccc(CNC(=O)C2CCCCN2S(=O)(=O)c2ccc3c(c2)nnn3CCOC)cc1. The fraction of sp³-hybridized carbons (Fsp3) is 0.458. The maximum absolute atomic E-state index is 13.5. The summed E-state index contributed by atoms with van der Waals surface area (Å²) < 4.78 is 35.2. The van der Waals surface area contributed by atoms with E-state index in [4.69, 9.17) is 4.74 Å². The minimum Gasteiger partial charge on any atom is -0.383 e. The van der Waals surface area contributed by atoms with Crippen molar-refractivity contribution in [2.45, 2.75) is 56.6 Å². The number of aryl methyl sites for hydroxylation is 1. The van der Waals surface area contributed by atoms with Gasteiger partial charge in [0.05, 0.1) is 23.6 Å². The van der Waals surface area contributed by atoms with Gasteiger partial charge in [-0.25, -0.2) is 13.1 Å². The number of rotatable bonds is 9. The van der Waals surface area contributed by atoms with Crippen LogP contribution < -0.4 is 5.32 Å². The molecule has 1 amide bonds. The number of amides is 1. The molecule has 1 N–H and O–H groups in total. The van der Waals surface area contributed by atoms with Crippen molar-refractivity contribution in [1.82, 2.24) is 24.6 Å². The first kappa shape index (κ1) is 24.3. The second-order valence-electron chi connectivity index (χ2n) is 8.47. The van der Waals surface area contributed by atoms with Crippen molar-refractivity contribution in [3.63, 3.8) is 0 Å². The van der Waals surface area contributed by atoms with Crippen LogP contribution in [0.4, 0.5) is 0 Å². The Hall–Kier alpha value is -2.82. The average molecular weight is 486 g/mol. The fourth-order valence-electron chi connectivity index (χ4n) is 4.25. The summed E-state index contributed by atoms with van der Waals surface area (Å²) in [6.45, 7) is 3.77. The lowest BCUT2D eigenvalue weighted by molar-refractivity contribution is -0.125. The van der Waals surface area contributed by atoms with Crippen LogP contribution >= 0.6 is 0 Å². The van der Waals surface area contributed by atoms with Crippen molar-refractivity contribution in [1.29, 1.82) is 0 Å². The maximum atomic E-state index is 13.5. The minimum absolute atomic E-state index is 0.119. The summed E-state index contributed by atoms with van der Waals surface area (Å²) in [6.07, 6.45) is 2.98. The number of aromatic nitrogens is 3. The van der Waals surface area contributed by atoms with Crippen molar-refractivity contribution in [2.75, 3.05) is 20.3 Å². The number of nitrogens with zero attached hydrogens (tertiary/aromatic N) is 4. The third-order valence-electron chi connectivity index (χ3n) is 6.25. The van der Waals surface area contributed by atoms with E-state index >= 15 is 0 Å². The molecule has 1 aromatic heterocycles. The Balaban J connectivity index is 1.51. The number of fused-ring (bicyclic) bond motifs is 1. The molecule has 0 saturated carbocycles. The first-order valence-corrected chi connectivity index (χ1v) is 13.1. The number of sulfonamides is 1. The summed E-state index contributed by atoms with van der Waals surface area (Å²) in [5, 5.41) is 11.1. The van der Waals surface area contributed by atoms with E-state index in [1.807, 2.05) is 24.3 Å². The molecule has 1 atom stereocenters. The van der Waals surface area contributed by atoms with Gasteiger partial charge in [0.15, 0.2) is 0 Å². The van der Waals surface area contributed by atoms with E-state index in [0.29, 0.717) is 38.2 Å².